The van der Waals surface area contributed by atoms with Gasteiger partial charge in [-0.2, -0.15) is 0 Å². The molecule has 0 saturated heterocycles. The van der Waals surface area contributed by atoms with E-state index >= 15 is 0 Å². The van der Waals surface area contributed by atoms with E-state index in [1.807, 2.05) is 7.05 Å². The van der Waals surface area contributed by atoms with E-state index in [0.717, 1.165) is 5.92 Å². The van der Waals surface area contributed by atoms with E-state index in [-0.39, 0.29) is 5.97 Å². The van der Waals surface area contributed by atoms with Crippen molar-refractivity contribution in [3.63, 3.8) is 0 Å². The number of thioether (sulfide) groups is 1. The van der Waals surface area contributed by atoms with E-state index in [2.05, 4.69) is 12.2 Å². The molecule has 0 aromatic rings. The predicted molar refractivity (Wildman–Crippen MR) is 73.4 cm³/mol. The van der Waals surface area contributed by atoms with E-state index in [0.29, 0.717) is 17.0 Å². The van der Waals surface area contributed by atoms with E-state index in [1.54, 1.807) is 11.8 Å². The van der Waals surface area contributed by atoms with Crippen LogP contribution in [0.25, 0.3) is 0 Å². The number of methoxy groups -OCH3 is 1. The standard InChI is InChI=1S/C13H25NO2S/c1-4-5-10-6-7-11(14-2)12(8-10)17-9-13(15)16-3/h10-12,14H,4-9H2,1-3H3. The van der Waals surface area contributed by atoms with Crippen LogP contribution in [0.4, 0.5) is 0 Å². The maximum Gasteiger partial charge on any atom is 0.315 e. The fourth-order valence-electron chi connectivity index (χ4n) is 2.63. The number of hydrogen-bond donors (Lipinski definition) is 1. The van der Waals surface area contributed by atoms with Gasteiger partial charge in [-0.05, 0) is 32.2 Å². The first-order valence-electron chi connectivity index (χ1n) is 6.56. The number of rotatable bonds is 6. The molecule has 100 valence electrons. The van der Waals surface area contributed by atoms with E-state index in [9.17, 15) is 4.79 Å². The van der Waals surface area contributed by atoms with Crippen molar-refractivity contribution in [3.05, 3.63) is 0 Å². The Balaban J connectivity index is 2.42. The third-order valence-electron chi connectivity index (χ3n) is 3.61. The number of carbonyl (C=O) groups is 1. The Hall–Kier alpha value is -0.220. The summed E-state index contributed by atoms with van der Waals surface area (Å²) in [7, 11) is 3.48. The lowest BCUT2D eigenvalue weighted by molar-refractivity contribution is -0.137. The maximum absolute atomic E-state index is 11.2. The first kappa shape index (κ1) is 14.8. The second kappa shape index (κ2) is 7.98. The van der Waals surface area contributed by atoms with Gasteiger partial charge in [0.1, 0.15) is 0 Å². The molecule has 1 rings (SSSR count). The van der Waals surface area contributed by atoms with E-state index < -0.39 is 0 Å². The van der Waals surface area contributed by atoms with Crippen LogP contribution in [0.2, 0.25) is 0 Å². The summed E-state index contributed by atoms with van der Waals surface area (Å²) in [6, 6.07) is 0.553. The number of hydrogen-bond acceptors (Lipinski definition) is 4. The van der Waals surface area contributed by atoms with Crippen LogP contribution in [0, 0.1) is 5.92 Å². The van der Waals surface area contributed by atoms with Crippen LogP contribution >= 0.6 is 11.8 Å². The molecule has 1 fully saturated rings. The topological polar surface area (TPSA) is 38.3 Å². The lowest BCUT2D eigenvalue weighted by Gasteiger charge is -2.35. The van der Waals surface area contributed by atoms with E-state index in [4.69, 9.17) is 4.74 Å². The van der Waals surface area contributed by atoms with Gasteiger partial charge in [-0.25, -0.2) is 0 Å². The number of carbonyl (C=O) groups excluding carboxylic acids is 1. The average molecular weight is 259 g/mol. The summed E-state index contributed by atoms with van der Waals surface area (Å²) in [6.07, 6.45) is 6.39. The van der Waals surface area contributed by atoms with Gasteiger partial charge >= 0.3 is 5.97 Å². The highest BCUT2D eigenvalue weighted by Gasteiger charge is 2.29. The third kappa shape index (κ3) is 4.88. The van der Waals surface area contributed by atoms with Gasteiger partial charge in [0.2, 0.25) is 0 Å². The monoisotopic (exact) mass is 259 g/mol. The van der Waals surface area contributed by atoms with Crippen LogP contribution in [0.5, 0.6) is 0 Å². The highest BCUT2D eigenvalue weighted by atomic mass is 32.2. The molecule has 0 heterocycles. The molecule has 0 radical (unpaired) electrons. The molecule has 1 saturated carbocycles. The van der Waals surface area contributed by atoms with Crippen molar-refractivity contribution in [3.8, 4) is 0 Å². The largest absolute Gasteiger partial charge is 0.468 e. The molecule has 0 aromatic heterocycles. The molecule has 1 N–H and O–H groups in total. The summed E-state index contributed by atoms with van der Waals surface area (Å²) in [5.74, 6) is 1.22. The van der Waals surface area contributed by atoms with Crippen LogP contribution in [0.1, 0.15) is 39.0 Å². The van der Waals surface area contributed by atoms with Gasteiger partial charge in [0.15, 0.2) is 0 Å². The minimum absolute atomic E-state index is 0.109. The summed E-state index contributed by atoms with van der Waals surface area (Å²) in [6.45, 7) is 2.25. The SMILES string of the molecule is CCCC1CCC(NC)C(SCC(=O)OC)C1. The Morgan fingerprint density at radius 3 is 2.82 bits per heavy atom. The summed E-state index contributed by atoms with van der Waals surface area (Å²) in [5.41, 5.74) is 0. The molecule has 0 amide bonds. The van der Waals surface area contributed by atoms with Crippen LogP contribution < -0.4 is 5.32 Å². The van der Waals surface area contributed by atoms with Crippen molar-refractivity contribution in [2.45, 2.75) is 50.3 Å². The summed E-state index contributed by atoms with van der Waals surface area (Å²) in [4.78, 5) is 11.2. The number of nitrogens with one attached hydrogen (secondary N) is 1. The molecule has 3 unspecified atom stereocenters. The Morgan fingerprint density at radius 1 is 1.47 bits per heavy atom. The highest BCUT2D eigenvalue weighted by molar-refractivity contribution is 8.00. The molecule has 4 heteroatoms. The predicted octanol–water partition coefficient (Wildman–Crippen LogP) is 2.45. The molecule has 3 atom stereocenters. The zero-order valence-corrected chi connectivity index (χ0v) is 12.0. The quantitative estimate of drug-likeness (QED) is 0.744. The average Bonchev–Trinajstić information content (AvgIpc) is 2.36. The van der Waals surface area contributed by atoms with Gasteiger partial charge in [0.25, 0.3) is 0 Å². The lowest BCUT2D eigenvalue weighted by atomic mass is 9.83. The van der Waals surface area contributed by atoms with Crippen molar-refractivity contribution < 1.29 is 9.53 Å². The Labute approximate surface area is 109 Å². The van der Waals surface area contributed by atoms with Crippen molar-refractivity contribution in [1.29, 1.82) is 0 Å². The van der Waals surface area contributed by atoms with Gasteiger partial charge in [-0.3, -0.25) is 4.79 Å². The number of ether oxygens (including phenoxy) is 1. The molecule has 0 bridgehead atoms. The molecule has 0 aromatic carbocycles. The highest BCUT2D eigenvalue weighted by Crippen LogP contribution is 2.34. The number of esters is 1. The fraction of sp³-hybridized carbons (Fsp3) is 0.923. The smallest absolute Gasteiger partial charge is 0.315 e. The van der Waals surface area contributed by atoms with Crippen LogP contribution in [0.15, 0.2) is 0 Å². The molecular weight excluding hydrogens is 234 g/mol. The molecule has 0 spiro atoms. The van der Waals surface area contributed by atoms with Crippen molar-refractivity contribution in [2.24, 2.45) is 5.92 Å². The van der Waals surface area contributed by atoms with Gasteiger partial charge < -0.3 is 10.1 Å². The zero-order valence-electron chi connectivity index (χ0n) is 11.2. The van der Waals surface area contributed by atoms with Crippen molar-refractivity contribution in [1.82, 2.24) is 5.32 Å². The molecule has 1 aliphatic rings. The van der Waals surface area contributed by atoms with Crippen LogP contribution in [0.3, 0.4) is 0 Å². The molecule has 3 nitrogen and oxygen atoms in total. The molecular formula is C13H25NO2S. The van der Waals surface area contributed by atoms with Crippen molar-refractivity contribution in [2.75, 3.05) is 19.9 Å². The van der Waals surface area contributed by atoms with Gasteiger partial charge in [-0.15, -0.1) is 11.8 Å². The summed E-state index contributed by atoms with van der Waals surface area (Å²) in [5, 5.41) is 3.95. The normalized spacial score (nSPS) is 29.0. The maximum atomic E-state index is 11.2. The first-order valence-corrected chi connectivity index (χ1v) is 7.61. The first-order chi connectivity index (χ1) is 8.21. The third-order valence-corrected chi connectivity index (χ3v) is 4.96. The van der Waals surface area contributed by atoms with Gasteiger partial charge in [0, 0.05) is 11.3 Å². The lowest BCUT2D eigenvalue weighted by Crippen LogP contribution is -2.41. The zero-order chi connectivity index (χ0) is 12.7. The van der Waals surface area contributed by atoms with Crippen molar-refractivity contribution >= 4 is 17.7 Å². The molecule has 1 aliphatic carbocycles. The fourth-order valence-corrected chi connectivity index (χ4v) is 4.01. The minimum atomic E-state index is -0.109. The summed E-state index contributed by atoms with van der Waals surface area (Å²) < 4.78 is 4.70. The Bertz CT molecular complexity index is 235. The van der Waals surface area contributed by atoms with Gasteiger partial charge in [-0.1, -0.05) is 19.8 Å². The molecule has 0 aliphatic heterocycles. The minimum Gasteiger partial charge on any atom is -0.468 e. The van der Waals surface area contributed by atoms with Gasteiger partial charge in [0.05, 0.1) is 12.9 Å². The Morgan fingerprint density at radius 2 is 2.24 bits per heavy atom. The summed E-state index contributed by atoms with van der Waals surface area (Å²) >= 11 is 1.76. The van der Waals surface area contributed by atoms with Crippen LogP contribution in [-0.2, 0) is 9.53 Å². The van der Waals surface area contributed by atoms with E-state index in [1.165, 1.54) is 39.2 Å². The second-order valence-electron chi connectivity index (χ2n) is 4.79. The second-order valence-corrected chi connectivity index (χ2v) is 6.02. The Kier molecular flexibility index (Phi) is 6.97. The van der Waals surface area contributed by atoms with Crippen LogP contribution in [-0.4, -0.2) is 37.2 Å². The molecule has 17 heavy (non-hydrogen) atoms.